The first-order valence-corrected chi connectivity index (χ1v) is 8.73. The zero-order chi connectivity index (χ0) is 15.5. The van der Waals surface area contributed by atoms with E-state index in [1.807, 2.05) is 13.0 Å². The molecule has 2 heterocycles. The lowest BCUT2D eigenvalue weighted by atomic mass is 10.1. The molecule has 0 aliphatic carbocycles. The minimum Gasteiger partial charge on any atom is -0.462 e. The number of likely N-dealkylation sites (tertiary alicyclic amines) is 1. The maximum absolute atomic E-state index is 12.0. The van der Waals surface area contributed by atoms with Crippen LogP contribution in [0.2, 0.25) is 0 Å². The van der Waals surface area contributed by atoms with Gasteiger partial charge in [0, 0.05) is 25.2 Å². The molecule has 7 heteroatoms. The monoisotopic (exact) mass is 312 g/mol. The van der Waals surface area contributed by atoms with Crippen molar-refractivity contribution in [2.24, 2.45) is 0 Å². The van der Waals surface area contributed by atoms with Gasteiger partial charge in [-0.15, -0.1) is 0 Å². The maximum Gasteiger partial charge on any atom is 0.246 e. The number of hydrogen-bond acceptors (Lipinski definition) is 4. The van der Waals surface area contributed by atoms with E-state index < -0.39 is 10.0 Å². The van der Waals surface area contributed by atoms with Gasteiger partial charge < -0.3 is 9.32 Å². The molecule has 1 N–H and O–H groups in total. The highest BCUT2D eigenvalue weighted by molar-refractivity contribution is 7.88. The molecule has 116 valence electrons. The van der Waals surface area contributed by atoms with E-state index in [1.54, 1.807) is 17.0 Å². The molecule has 1 aliphatic rings. The first kappa shape index (κ1) is 15.8. The van der Waals surface area contributed by atoms with Crippen LogP contribution in [0.15, 0.2) is 22.6 Å². The number of sulfonamides is 1. The molecule has 1 aromatic heterocycles. The van der Waals surface area contributed by atoms with Crippen molar-refractivity contribution in [1.29, 1.82) is 0 Å². The van der Waals surface area contributed by atoms with Crippen molar-refractivity contribution in [3.8, 4) is 0 Å². The van der Waals surface area contributed by atoms with Crippen LogP contribution in [0.25, 0.3) is 6.08 Å². The number of nitrogens with one attached hydrogen (secondary N) is 1. The molecule has 0 aromatic carbocycles. The van der Waals surface area contributed by atoms with Crippen LogP contribution in [0.1, 0.15) is 24.4 Å². The van der Waals surface area contributed by atoms with E-state index in [0.717, 1.165) is 12.0 Å². The first-order valence-electron chi connectivity index (χ1n) is 6.84. The number of furan rings is 1. The van der Waals surface area contributed by atoms with Gasteiger partial charge in [-0.25, -0.2) is 13.1 Å². The molecule has 21 heavy (non-hydrogen) atoms. The Hall–Kier alpha value is -1.60. The highest BCUT2D eigenvalue weighted by Gasteiger charge is 2.23. The van der Waals surface area contributed by atoms with Crippen molar-refractivity contribution in [2.45, 2.75) is 25.8 Å². The third-order valence-electron chi connectivity index (χ3n) is 3.34. The van der Waals surface area contributed by atoms with Crippen LogP contribution in [-0.4, -0.2) is 44.6 Å². The molecule has 1 aromatic rings. The van der Waals surface area contributed by atoms with Crippen LogP contribution < -0.4 is 4.72 Å². The van der Waals surface area contributed by atoms with Crippen LogP contribution in [0, 0.1) is 6.92 Å². The van der Waals surface area contributed by atoms with Crippen molar-refractivity contribution in [3.63, 3.8) is 0 Å². The zero-order valence-corrected chi connectivity index (χ0v) is 13.0. The lowest BCUT2D eigenvalue weighted by molar-refractivity contribution is -0.126. The third kappa shape index (κ3) is 5.02. The molecule has 1 fully saturated rings. The molecule has 0 bridgehead atoms. The number of carbonyl (C=O) groups is 1. The predicted molar refractivity (Wildman–Crippen MR) is 80.1 cm³/mol. The van der Waals surface area contributed by atoms with Gasteiger partial charge in [0.25, 0.3) is 0 Å². The summed E-state index contributed by atoms with van der Waals surface area (Å²) in [5, 5.41) is 0. The van der Waals surface area contributed by atoms with Crippen molar-refractivity contribution < 1.29 is 17.6 Å². The fourth-order valence-electron chi connectivity index (χ4n) is 2.32. The van der Waals surface area contributed by atoms with Crippen LogP contribution in [0.4, 0.5) is 0 Å². The predicted octanol–water partition coefficient (Wildman–Crippen LogP) is 1.14. The van der Waals surface area contributed by atoms with Gasteiger partial charge in [-0.05, 0) is 38.0 Å². The number of aryl methyl sites for hydroxylation is 1. The molecule has 0 spiro atoms. The van der Waals surface area contributed by atoms with E-state index in [-0.39, 0.29) is 11.9 Å². The molecule has 6 nitrogen and oxygen atoms in total. The maximum atomic E-state index is 12.0. The summed E-state index contributed by atoms with van der Waals surface area (Å²) < 4.78 is 30.3. The van der Waals surface area contributed by atoms with Crippen molar-refractivity contribution in [1.82, 2.24) is 9.62 Å². The standard InChI is InChI=1S/C14H20N2O4S/c1-11-3-4-13(20-11)5-6-14(17)16-9-7-12(8-10-16)15-21(2,18)19/h3-6,12,15H,7-10H2,1-2H3/b6-5+. The molecular weight excluding hydrogens is 292 g/mol. The molecule has 0 unspecified atom stereocenters. The average molecular weight is 312 g/mol. The van der Waals surface area contributed by atoms with Gasteiger partial charge in [-0.1, -0.05) is 0 Å². The Kier molecular flexibility index (Phi) is 4.84. The highest BCUT2D eigenvalue weighted by atomic mass is 32.2. The second-order valence-corrected chi connectivity index (χ2v) is 7.05. The van der Waals surface area contributed by atoms with Gasteiger partial charge in [0.1, 0.15) is 11.5 Å². The minimum absolute atomic E-state index is 0.0816. The van der Waals surface area contributed by atoms with Gasteiger partial charge in [0.05, 0.1) is 6.26 Å². The summed E-state index contributed by atoms with van der Waals surface area (Å²) in [6.45, 7) is 2.94. The Morgan fingerprint density at radius 1 is 1.38 bits per heavy atom. The summed E-state index contributed by atoms with van der Waals surface area (Å²) in [4.78, 5) is 13.7. The summed E-state index contributed by atoms with van der Waals surface area (Å²) in [6.07, 6.45) is 5.55. The van der Waals surface area contributed by atoms with Crippen LogP contribution in [0.5, 0.6) is 0 Å². The van der Waals surface area contributed by atoms with Crippen molar-refractivity contribution >= 4 is 22.0 Å². The van der Waals surface area contributed by atoms with Crippen LogP contribution >= 0.6 is 0 Å². The van der Waals surface area contributed by atoms with Gasteiger partial charge in [-0.3, -0.25) is 4.79 Å². The summed E-state index contributed by atoms with van der Waals surface area (Å²) in [7, 11) is -3.19. The number of carbonyl (C=O) groups excluding carboxylic acids is 1. The quantitative estimate of drug-likeness (QED) is 0.846. The molecule has 1 saturated heterocycles. The summed E-state index contributed by atoms with van der Waals surface area (Å²) in [5.41, 5.74) is 0. The van der Waals surface area contributed by atoms with E-state index in [0.29, 0.717) is 31.7 Å². The molecule has 0 radical (unpaired) electrons. The van der Waals surface area contributed by atoms with E-state index in [2.05, 4.69) is 4.72 Å². The smallest absolute Gasteiger partial charge is 0.246 e. The minimum atomic E-state index is -3.19. The Labute approximate surface area is 124 Å². The Morgan fingerprint density at radius 2 is 2.05 bits per heavy atom. The fourth-order valence-corrected chi connectivity index (χ4v) is 3.16. The van der Waals surface area contributed by atoms with E-state index in [1.165, 1.54) is 6.08 Å². The molecule has 2 rings (SSSR count). The summed E-state index contributed by atoms with van der Waals surface area (Å²) in [5.74, 6) is 1.37. The van der Waals surface area contributed by atoms with Gasteiger partial charge in [-0.2, -0.15) is 0 Å². The zero-order valence-electron chi connectivity index (χ0n) is 12.2. The van der Waals surface area contributed by atoms with Crippen LogP contribution in [-0.2, 0) is 14.8 Å². The number of rotatable bonds is 4. The van der Waals surface area contributed by atoms with Gasteiger partial charge in [0.15, 0.2) is 0 Å². The van der Waals surface area contributed by atoms with Gasteiger partial charge in [0.2, 0.25) is 15.9 Å². The second-order valence-electron chi connectivity index (χ2n) is 5.27. The number of hydrogen-bond donors (Lipinski definition) is 1. The first-order chi connectivity index (χ1) is 9.83. The lowest BCUT2D eigenvalue weighted by Gasteiger charge is -2.31. The number of nitrogens with zero attached hydrogens (tertiary/aromatic N) is 1. The third-order valence-corrected chi connectivity index (χ3v) is 4.10. The largest absolute Gasteiger partial charge is 0.462 e. The molecular formula is C14H20N2O4S. The average Bonchev–Trinajstić information content (AvgIpc) is 2.81. The van der Waals surface area contributed by atoms with Gasteiger partial charge >= 0.3 is 0 Å². The Bertz CT molecular complexity index is 625. The fraction of sp³-hybridized carbons (Fsp3) is 0.500. The Morgan fingerprint density at radius 3 is 2.57 bits per heavy atom. The number of piperidine rings is 1. The lowest BCUT2D eigenvalue weighted by Crippen LogP contribution is -2.45. The SMILES string of the molecule is Cc1ccc(/C=C/C(=O)N2CCC(NS(C)(=O)=O)CC2)o1. The second kappa shape index (κ2) is 6.44. The Balaban J connectivity index is 1.84. The van der Waals surface area contributed by atoms with Crippen LogP contribution in [0.3, 0.4) is 0 Å². The summed E-state index contributed by atoms with van der Waals surface area (Å²) >= 11 is 0. The van der Waals surface area contributed by atoms with E-state index >= 15 is 0 Å². The topological polar surface area (TPSA) is 79.6 Å². The summed E-state index contributed by atoms with van der Waals surface area (Å²) in [6, 6.07) is 3.56. The van der Waals surface area contributed by atoms with Crippen molar-refractivity contribution in [3.05, 3.63) is 29.7 Å². The molecule has 1 aliphatic heterocycles. The number of amides is 1. The molecule has 0 atom stereocenters. The molecule has 0 saturated carbocycles. The normalized spacial score (nSPS) is 17.5. The molecule has 1 amide bonds. The van der Waals surface area contributed by atoms with E-state index in [4.69, 9.17) is 4.42 Å². The highest BCUT2D eigenvalue weighted by Crippen LogP contribution is 2.13. The van der Waals surface area contributed by atoms with E-state index in [9.17, 15) is 13.2 Å². The van der Waals surface area contributed by atoms with Crippen molar-refractivity contribution in [2.75, 3.05) is 19.3 Å².